The van der Waals surface area contributed by atoms with Crippen molar-refractivity contribution in [3.63, 3.8) is 0 Å². The van der Waals surface area contributed by atoms with Gasteiger partial charge in [-0.3, -0.25) is 4.79 Å². The van der Waals surface area contributed by atoms with Gasteiger partial charge >= 0.3 is 0 Å². The molecule has 0 aromatic carbocycles. The van der Waals surface area contributed by atoms with Crippen LogP contribution in [-0.4, -0.2) is 35.5 Å². The third-order valence-corrected chi connectivity index (χ3v) is 5.58. The van der Waals surface area contributed by atoms with Crippen LogP contribution >= 0.6 is 11.3 Å². The molecule has 22 heavy (non-hydrogen) atoms. The van der Waals surface area contributed by atoms with E-state index in [0.29, 0.717) is 6.54 Å². The van der Waals surface area contributed by atoms with Crippen molar-refractivity contribution in [1.82, 2.24) is 15.3 Å². The summed E-state index contributed by atoms with van der Waals surface area (Å²) in [4.78, 5) is 25.6. The lowest BCUT2D eigenvalue weighted by Gasteiger charge is -2.32. The summed E-state index contributed by atoms with van der Waals surface area (Å²) in [5.74, 6) is 1.36. The number of amides is 1. The molecule has 118 valence electrons. The van der Waals surface area contributed by atoms with Crippen LogP contribution in [0.25, 0.3) is 10.2 Å². The van der Waals surface area contributed by atoms with Gasteiger partial charge in [0.15, 0.2) is 0 Å². The zero-order chi connectivity index (χ0) is 15.7. The maximum atomic E-state index is 12.0. The Kier molecular flexibility index (Phi) is 4.29. The molecule has 1 aliphatic rings. The van der Waals surface area contributed by atoms with E-state index in [1.165, 1.54) is 15.8 Å². The molecule has 0 radical (unpaired) electrons. The first kappa shape index (κ1) is 15.2. The van der Waals surface area contributed by atoms with Crippen LogP contribution in [0.15, 0.2) is 6.33 Å². The van der Waals surface area contributed by atoms with Gasteiger partial charge in [-0.1, -0.05) is 0 Å². The molecule has 0 saturated carbocycles. The lowest BCUT2D eigenvalue weighted by Crippen LogP contribution is -2.40. The van der Waals surface area contributed by atoms with Crippen molar-refractivity contribution in [2.75, 3.05) is 24.5 Å². The number of nitrogens with zero attached hydrogens (tertiary/aromatic N) is 3. The van der Waals surface area contributed by atoms with E-state index >= 15 is 0 Å². The van der Waals surface area contributed by atoms with Crippen molar-refractivity contribution in [2.24, 2.45) is 5.92 Å². The highest BCUT2D eigenvalue weighted by Gasteiger charge is 2.26. The van der Waals surface area contributed by atoms with Crippen molar-refractivity contribution in [3.8, 4) is 0 Å². The van der Waals surface area contributed by atoms with Crippen LogP contribution in [0.2, 0.25) is 0 Å². The Morgan fingerprint density at radius 3 is 2.77 bits per heavy atom. The fourth-order valence-electron chi connectivity index (χ4n) is 3.08. The molecule has 3 heterocycles. The molecule has 0 spiro atoms. The molecule has 5 nitrogen and oxygen atoms in total. The van der Waals surface area contributed by atoms with Crippen molar-refractivity contribution in [3.05, 3.63) is 16.8 Å². The minimum absolute atomic E-state index is 0.138. The number of piperidine rings is 1. The van der Waals surface area contributed by atoms with Gasteiger partial charge in [-0.25, -0.2) is 9.97 Å². The second-order valence-electron chi connectivity index (χ2n) is 5.82. The van der Waals surface area contributed by atoms with Gasteiger partial charge < -0.3 is 10.2 Å². The zero-order valence-electron chi connectivity index (χ0n) is 13.3. The number of fused-ring (bicyclic) bond motifs is 1. The summed E-state index contributed by atoms with van der Waals surface area (Å²) in [5.41, 5.74) is 1.28. The van der Waals surface area contributed by atoms with E-state index in [-0.39, 0.29) is 11.8 Å². The Labute approximate surface area is 134 Å². The Balaban J connectivity index is 1.81. The molecule has 2 aromatic rings. The number of hydrogen-bond donors (Lipinski definition) is 1. The van der Waals surface area contributed by atoms with E-state index in [1.807, 2.05) is 6.92 Å². The van der Waals surface area contributed by atoms with E-state index in [2.05, 4.69) is 34.0 Å². The minimum atomic E-state index is 0.138. The molecule has 0 unspecified atom stereocenters. The first-order valence-electron chi connectivity index (χ1n) is 7.85. The number of anilines is 1. The molecule has 6 heteroatoms. The van der Waals surface area contributed by atoms with E-state index in [1.54, 1.807) is 17.7 Å². The minimum Gasteiger partial charge on any atom is -0.356 e. The fourth-order valence-corrected chi connectivity index (χ4v) is 4.07. The average Bonchev–Trinajstić information content (AvgIpc) is 2.83. The summed E-state index contributed by atoms with van der Waals surface area (Å²) in [5, 5.41) is 4.11. The second kappa shape index (κ2) is 6.20. The highest BCUT2D eigenvalue weighted by atomic mass is 32.1. The molecular weight excluding hydrogens is 296 g/mol. The van der Waals surface area contributed by atoms with Crippen molar-refractivity contribution in [1.29, 1.82) is 0 Å². The number of thiophene rings is 1. The number of rotatable bonds is 3. The molecule has 3 rings (SSSR count). The average molecular weight is 318 g/mol. The van der Waals surface area contributed by atoms with Gasteiger partial charge in [0.1, 0.15) is 17.0 Å². The zero-order valence-corrected chi connectivity index (χ0v) is 14.2. The highest BCUT2D eigenvalue weighted by molar-refractivity contribution is 7.18. The summed E-state index contributed by atoms with van der Waals surface area (Å²) in [6.07, 6.45) is 3.43. The Bertz CT molecular complexity index is 689. The normalized spacial score (nSPS) is 16.2. The molecule has 0 atom stereocenters. The number of nitrogens with one attached hydrogen (secondary N) is 1. The van der Waals surface area contributed by atoms with Crippen LogP contribution < -0.4 is 10.2 Å². The largest absolute Gasteiger partial charge is 0.356 e. The van der Waals surface area contributed by atoms with Crippen molar-refractivity contribution >= 4 is 33.3 Å². The molecule has 0 aliphatic carbocycles. The van der Waals surface area contributed by atoms with Crippen LogP contribution in [0.1, 0.15) is 30.2 Å². The smallest absolute Gasteiger partial charge is 0.223 e. The van der Waals surface area contributed by atoms with E-state index in [9.17, 15) is 4.79 Å². The fraction of sp³-hybridized carbons (Fsp3) is 0.562. The van der Waals surface area contributed by atoms with Crippen LogP contribution in [0.5, 0.6) is 0 Å². The SMILES string of the molecule is CCNC(=O)C1CCN(c2ncnc3sc(C)c(C)c23)CC1. The molecule has 1 N–H and O–H groups in total. The first-order valence-corrected chi connectivity index (χ1v) is 8.66. The van der Waals surface area contributed by atoms with E-state index in [4.69, 9.17) is 0 Å². The number of aryl methyl sites for hydroxylation is 2. The van der Waals surface area contributed by atoms with Gasteiger partial charge in [-0.2, -0.15) is 0 Å². The van der Waals surface area contributed by atoms with Gasteiger partial charge in [0.05, 0.1) is 5.39 Å². The maximum absolute atomic E-state index is 12.0. The monoisotopic (exact) mass is 318 g/mol. The van der Waals surface area contributed by atoms with E-state index < -0.39 is 0 Å². The van der Waals surface area contributed by atoms with Gasteiger partial charge in [-0.15, -0.1) is 11.3 Å². The quantitative estimate of drug-likeness (QED) is 0.945. The molecule has 0 bridgehead atoms. The van der Waals surface area contributed by atoms with Crippen molar-refractivity contribution in [2.45, 2.75) is 33.6 Å². The van der Waals surface area contributed by atoms with Gasteiger partial charge in [-0.05, 0) is 39.2 Å². The summed E-state index contributed by atoms with van der Waals surface area (Å²) in [7, 11) is 0. The van der Waals surface area contributed by atoms with Gasteiger partial charge in [0.25, 0.3) is 0 Å². The standard InChI is InChI=1S/C16H22N4OS/c1-4-17-15(21)12-5-7-20(8-6-12)14-13-10(2)11(3)22-16(13)19-9-18-14/h9,12H,4-8H2,1-3H3,(H,17,21). The topological polar surface area (TPSA) is 58.1 Å². The lowest BCUT2D eigenvalue weighted by atomic mass is 9.95. The molecule has 2 aromatic heterocycles. The van der Waals surface area contributed by atoms with E-state index in [0.717, 1.165) is 36.6 Å². The molecular formula is C16H22N4OS. The lowest BCUT2D eigenvalue weighted by molar-refractivity contribution is -0.125. The summed E-state index contributed by atoms with van der Waals surface area (Å²) in [6.45, 7) is 8.70. The first-order chi connectivity index (χ1) is 10.6. The predicted octanol–water partition coefficient (Wildman–Crippen LogP) is 2.66. The van der Waals surface area contributed by atoms with Gasteiger partial charge in [0.2, 0.25) is 5.91 Å². The summed E-state index contributed by atoms with van der Waals surface area (Å²) < 4.78 is 0. The third kappa shape index (κ3) is 2.67. The predicted molar refractivity (Wildman–Crippen MR) is 90.5 cm³/mol. The highest BCUT2D eigenvalue weighted by Crippen LogP contribution is 2.35. The number of aromatic nitrogens is 2. The van der Waals surface area contributed by atoms with Crippen molar-refractivity contribution < 1.29 is 4.79 Å². The maximum Gasteiger partial charge on any atom is 0.223 e. The van der Waals surface area contributed by atoms with Crippen LogP contribution in [-0.2, 0) is 4.79 Å². The Morgan fingerprint density at radius 1 is 1.36 bits per heavy atom. The van der Waals surface area contributed by atoms with Crippen LogP contribution in [0.3, 0.4) is 0 Å². The van der Waals surface area contributed by atoms with Crippen LogP contribution in [0, 0.1) is 19.8 Å². The van der Waals surface area contributed by atoms with Gasteiger partial charge in [0, 0.05) is 30.4 Å². The second-order valence-corrected chi connectivity index (χ2v) is 7.02. The number of carbonyl (C=O) groups excluding carboxylic acids is 1. The molecule has 1 saturated heterocycles. The Hall–Kier alpha value is -1.69. The molecule has 1 fully saturated rings. The van der Waals surface area contributed by atoms with Crippen LogP contribution in [0.4, 0.5) is 5.82 Å². The molecule has 1 amide bonds. The third-order valence-electron chi connectivity index (χ3n) is 4.46. The number of hydrogen-bond acceptors (Lipinski definition) is 5. The number of carbonyl (C=O) groups is 1. The summed E-state index contributed by atoms with van der Waals surface area (Å²) >= 11 is 1.73. The molecule has 1 aliphatic heterocycles. The summed E-state index contributed by atoms with van der Waals surface area (Å²) in [6, 6.07) is 0. The Morgan fingerprint density at radius 2 is 2.09 bits per heavy atom.